The number of nitrogens with zero attached hydrogens (tertiary/aromatic N) is 5. The smallest absolute Gasteiger partial charge is 0.255 e. The number of benzene rings is 6. The van der Waals surface area contributed by atoms with Gasteiger partial charge in [-0.2, -0.15) is 8.78 Å². The van der Waals surface area contributed by atoms with Crippen LogP contribution < -0.4 is 0 Å². The van der Waals surface area contributed by atoms with E-state index < -0.39 is 5.92 Å². The van der Waals surface area contributed by atoms with E-state index in [4.69, 9.17) is 19.9 Å². The molecule has 0 fully saturated rings. The van der Waals surface area contributed by atoms with Crippen LogP contribution in [0, 0.1) is 0 Å². The molecule has 0 saturated heterocycles. The molecule has 7 heteroatoms. The fourth-order valence-electron chi connectivity index (χ4n) is 7.39. The summed E-state index contributed by atoms with van der Waals surface area (Å²) in [6, 6.07) is 53.7. The van der Waals surface area contributed by atoms with Crippen molar-refractivity contribution in [2.45, 2.75) is 5.92 Å². The lowest BCUT2D eigenvalue weighted by Gasteiger charge is -2.13. The maximum atomic E-state index is 16.0. The third-order valence-corrected chi connectivity index (χ3v) is 10.1. The number of aromatic nitrogens is 5. The van der Waals surface area contributed by atoms with E-state index in [0.29, 0.717) is 34.2 Å². The van der Waals surface area contributed by atoms with Crippen LogP contribution in [0.2, 0.25) is 0 Å². The molecule has 1 aliphatic carbocycles. The van der Waals surface area contributed by atoms with Crippen molar-refractivity contribution in [3.05, 3.63) is 187 Å². The van der Waals surface area contributed by atoms with Crippen LogP contribution in [0.25, 0.3) is 89.8 Å². The summed E-state index contributed by atoms with van der Waals surface area (Å²) >= 11 is 0. The zero-order chi connectivity index (χ0) is 36.9. The molecule has 0 N–H and O–H groups in total. The Kier molecular flexibility index (Phi) is 7.66. The van der Waals surface area contributed by atoms with E-state index >= 15 is 8.78 Å². The number of rotatable bonds is 6. The van der Waals surface area contributed by atoms with E-state index in [1.165, 1.54) is 6.07 Å². The molecule has 0 amide bonds. The number of hydrogen-bond donors (Lipinski definition) is 0. The van der Waals surface area contributed by atoms with Gasteiger partial charge in [0.2, 0.25) is 0 Å². The number of alkyl halides is 2. The molecule has 1 aliphatic rings. The Balaban J connectivity index is 1.04. The Morgan fingerprint density at radius 2 is 0.891 bits per heavy atom. The van der Waals surface area contributed by atoms with E-state index in [-0.39, 0.29) is 11.1 Å². The second-order valence-corrected chi connectivity index (χ2v) is 13.5. The monoisotopic (exact) mass is 713 g/mol. The Labute approximate surface area is 315 Å². The maximum absolute atomic E-state index is 16.0. The fourth-order valence-corrected chi connectivity index (χ4v) is 7.39. The second kappa shape index (κ2) is 13.0. The van der Waals surface area contributed by atoms with Crippen LogP contribution in [0.3, 0.4) is 0 Å². The number of hydrogen-bond acceptors (Lipinski definition) is 5. The van der Waals surface area contributed by atoms with Crippen molar-refractivity contribution >= 4 is 10.9 Å². The molecule has 10 rings (SSSR count). The highest BCUT2D eigenvalue weighted by atomic mass is 19.3. The summed E-state index contributed by atoms with van der Waals surface area (Å²) in [4.78, 5) is 23.9. The van der Waals surface area contributed by atoms with Crippen molar-refractivity contribution in [3.63, 3.8) is 0 Å². The van der Waals surface area contributed by atoms with Gasteiger partial charge in [-0.3, -0.25) is 4.98 Å². The summed E-state index contributed by atoms with van der Waals surface area (Å²) in [5.74, 6) is -1.72. The zero-order valence-corrected chi connectivity index (χ0v) is 29.2. The van der Waals surface area contributed by atoms with E-state index in [9.17, 15) is 0 Å². The quantitative estimate of drug-likeness (QED) is 0.172. The highest BCUT2D eigenvalue weighted by molar-refractivity contribution is 5.97. The second-order valence-electron chi connectivity index (χ2n) is 13.5. The topological polar surface area (TPSA) is 64.5 Å². The SMILES string of the molecule is FC1(F)c2ccc(-c3ccc(-c4cc(-c5ccccn5)nc5ccccc45)cc3)cc2-c2cc(-c3nc(-c4ccccc4)nc(-c4ccccc4)n3)ccc21. The molecule has 9 aromatic rings. The van der Waals surface area contributed by atoms with Gasteiger partial charge in [-0.05, 0) is 69.8 Å². The van der Waals surface area contributed by atoms with Gasteiger partial charge < -0.3 is 0 Å². The molecule has 0 radical (unpaired) electrons. The first-order valence-electron chi connectivity index (χ1n) is 18.0. The van der Waals surface area contributed by atoms with Gasteiger partial charge in [-0.15, -0.1) is 0 Å². The van der Waals surface area contributed by atoms with Gasteiger partial charge in [0.05, 0.1) is 16.9 Å². The van der Waals surface area contributed by atoms with Gasteiger partial charge in [0.15, 0.2) is 17.5 Å². The molecular weight excluding hydrogens is 685 g/mol. The lowest BCUT2D eigenvalue weighted by atomic mass is 9.95. The van der Waals surface area contributed by atoms with Crippen molar-refractivity contribution in [2.75, 3.05) is 0 Å². The largest absolute Gasteiger partial charge is 0.299 e. The van der Waals surface area contributed by atoms with Gasteiger partial charge in [0.1, 0.15) is 0 Å². The average molecular weight is 714 g/mol. The van der Waals surface area contributed by atoms with Crippen LogP contribution in [-0.4, -0.2) is 24.9 Å². The van der Waals surface area contributed by atoms with Gasteiger partial charge in [0, 0.05) is 39.4 Å². The molecule has 5 nitrogen and oxygen atoms in total. The molecule has 0 bridgehead atoms. The molecule has 0 atom stereocenters. The van der Waals surface area contributed by atoms with Gasteiger partial charge in [-0.1, -0.05) is 133 Å². The summed E-state index contributed by atoms with van der Waals surface area (Å²) in [5.41, 5.74) is 9.49. The molecule has 0 saturated carbocycles. The summed E-state index contributed by atoms with van der Waals surface area (Å²) in [6.07, 6.45) is 1.77. The lowest BCUT2D eigenvalue weighted by molar-refractivity contribution is 0.0480. The average Bonchev–Trinajstić information content (AvgIpc) is 3.48. The first-order chi connectivity index (χ1) is 27.0. The van der Waals surface area contributed by atoms with Crippen LogP contribution in [0.5, 0.6) is 0 Å². The van der Waals surface area contributed by atoms with E-state index in [2.05, 4.69) is 29.2 Å². The van der Waals surface area contributed by atoms with Crippen molar-refractivity contribution < 1.29 is 8.78 Å². The third-order valence-electron chi connectivity index (χ3n) is 10.1. The van der Waals surface area contributed by atoms with E-state index in [1.54, 1.807) is 30.5 Å². The highest BCUT2D eigenvalue weighted by Crippen LogP contribution is 2.52. The fraction of sp³-hybridized carbons (Fsp3) is 0.0208. The molecule has 55 heavy (non-hydrogen) atoms. The Morgan fingerprint density at radius 1 is 0.364 bits per heavy atom. The van der Waals surface area contributed by atoms with Gasteiger partial charge in [-0.25, -0.2) is 19.9 Å². The van der Waals surface area contributed by atoms with E-state index in [1.807, 2.05) is 115 Å². The molecule has 260 valence electrons. The highest BCUT2D eigenvalue weighted by Gasteiger charge is 2.44. The molecule has 0 spiro atoms. The predicted octanol–water partition coefficient (Wildman–Crippen LogP) is 11.9. The summed E-state index contributed by atoms with van der Waals surface area (Å²) in [5, 5.41) is 1.03. The van der Waals surface area contributed by atoms with Crippen LogP contribution in [0.4, 0.5) is 8.78 Å². The molecular formula is C48H29F2N5. The third kappa shape index (κ3) is 5.74. The van der Waals surface area contributed by atoms with Crippen LogP contribution >= 0.6 is 0 Å². The molecule has 6 aromatic carbocycles. The molecule has 3 aromatic heterocycles. The summed E-state index contributed by atoms with van der Waals surface area (Å²) in [7, 11) is 0. The van der Waals surface area contributed by atoms with Crippen molar-refractivity contribution in [2.24, 2.45) is 0 Å². The Bertz CT molecular complexity index is 2820. The summed E-state index contributed by atoms with van der Waals surface area (Å²) < 4.78 is 32.1. The normalized spacial score (nSPS) is 12.7. The van der Waals surface area contributed by atoms with Crippen molar-refractivity contribution in [1.29, 1.82) is 0 Å². The Hall–Kier alpha value is -7.25. The minimum absolute atomic E-state index is 0.0177. The first-order valence-corrected chi connectivity index (χ1v) is 18.0. The molecule has 0 unspecified atom stereocenters. The molecule has 0 aliphatic heterocycles. The van der Waals surface area contributed by atoms with Crippen LogP contribution in [0.1, 0.15) is 11.1 Å². The zero-order valence-electron chi connectivity index (χ0n) is 29.2. The van der Waals surface area contributed by atoms with Crippen molar-refractivity contribution in [3.8, 4) is 78.9 Å². The van der Waals surface area contributed by atoms with Gasteiger partial charge >= 0.3 is 0 Å². The standard InChI is InChI=1S/C48H29F2N5/c49-48(50)40-24-22-34(30-18-20-31(21-19-30)37-29-44(43-17-9-10-26-51-43)52-42-16-8-7-15-36(37)42)27-38(40)39-28-35(23-25-41(39)48)47-54-45(32-11-3-1-4-12-32)53-46(55-47)33-13-5-2-6-14-33/h1-29H. The number of pyridine rings is 2. The van der Waals surface area contributed by atoms with Crippen molar-refractivity contribution in [1.82, 2.24) is 24.9 Å². The predicted molar refractivity (Wildman–Crippen MR) is 214 cm³/mol. The summed E-state index contributed by atoms with van der Waals surface area (Å²) in [6.45, 7) is 0. The number of halogens is 2. The van der Waals surface area contributed by atoms with Crippen LogP contribution in [0.15, 0.2) is 176 Å². The van der Waals surface area contributed by atoms with Crippen LogP contribution in [-0.2, 0) is 5.92 Å². The first kappa shape index (κ1) is 32.4. The Morgan fingerprint density at radius 3 is 1.53 bits per heavy atom. The number of fused-ring (bicyclic) bond motifs is 4. The molecule has 3 heterocycles. The number of para-hydroxylation sites is 1. The minimum Gasteiger partial charge on any atom is -0.255 e. The van der Waals surface area contributed by atoms with E-state index in [0.717, 1.165) is 55.7 Å². The lowest BCUT2D eigenvalue weighted by Crippen LogP contribution is -2.10. The van der Waals surface area contributed by atoms with Gasteiger partial charge in [0.25, 0.3) is 5.92 Å². The minimum atomic E-state index is -3.15. The maximum Gasteiger partial charge on any atom is 0.299 e.